The molecule has 0 aliphatic carbocycles. The predicted octanol–water partition coefficient (Wildman–Crippen LogP) is 14.5. The lowest BCUT2D eigenvalue weighted by atomic mass is 9.99. The normalized spacial score (nSPS) is 12.1. The second-order valence-electron chi connectivity index (χ2n) is 15.3. The lowest BCUT2D eigenvalue weighted by molar-refractivity contribution is 0.670. The van der Waals surface area contributed by atoms with Crippen LogP contribution in [-0.2, 0) is 0 Å². The standard InChI is InChI=1S/C54H33N3O/c1-7-25-47-37(15-1)38-16-2-8-26-48(38)55(47)34-31-35(56-49-27-9-3-17-39(49)40-18-4-10-28-50(40)56)33-36(32-34)57-51-29-11-5-19-41(51)43-21-13-22-44(53(43)57)46-24-14-23-45-42-20-6-12-30-52(42)58-54(45)46/h1-33H. The Hall–Kier alpha value is -7.82. The number of furan rings is 1. The molecule has 0 aliphatic heterocycles. The van der Waals surface area contributed by atoms with Crippen molar-refractivity contribution in [3.8, 4) is 28.2 Å². The molecule has 0 bridgehead atoms. The Morgan fingerprint density at radius 3 is 1.16 bits per heavy atom. The van der Waals surface area contributed by atoms with Crippen molar-refractivity contribution >= 4 is 87.4 Å². The van der Waals surface area contributed by atoms with Crippen LogP contribution in [0.15, 0.2) is 205 Å². The molecule has 4 heteroatoms. The summed E-state index contributed by atoms with van der Waals surface area (Å²) < 4.78 is 14.1. The fourth-order valence-corrected chi connectivity index (χ4v) is 9.83. The molecule has 4 heterocycles. The first-order chi connectivity index (χ1) is 28.8. The monoisotopic (exact) mass is 739 g/mol. The van der Waals surface area contributed by atoms with Crippen LogP contribution >= 0.6 is 0 Å². The van der Waals surface area contributed by atoms with Crippen LogP contribution in [0.3, 0.4) is 0 Å². The molecule has 0 unspecified atom stereocenters. The average Bonchev–Trinajstić information content (AvgIpc) is 4.03. The highest BCUT2D eigenvalue weighted by atomic mass is 16.3. The Bertz CT molecular complexity index is 3580. The highest BCUT2D eigenvalue weighted by Gasteiger charge is 2.22. The molecule has 58 heavy (non-hydrogen) atoms. The molecule has 9 aromatic carbocycles. The third kappa shape index (κ3) is 4.29. The highest BCUT2D eigenvalue weighted by molar-refractivity contribution is 6.18. The van der Waals surface area contributed by atoms with E-state index in [1.165, 1.54) is 54.4 Å². The maximum atomic E-state index is 6.69. The molecule has 0 saturated carbocycles. The second-order valence-corrected chi connectivity index (χ2v) is 15.3. The summed E-state index contributed by atoms with van der Waals surface area (Å²) in [4.78, 5) is 0. The fourth-order valence-electron chi connectivity index (χ4n) is 9.83. The van der Waals surface area contributed by atoms with Crippen LogP contribution in [-0.4, -0.2) is 13.7 Å². The van der Waals surface area contributed by atoms with E-state index in [2.05, 4.69) is 208 Å². The van der Waals surface area contributed by atoms with Crippen LogP contribution in [0.2, 0.25) is 0 Å². The first kappa shape index (κ1) is 31.4. The van der Waals surface area contributed by atoms with Crippen molar-refractivity contribution in [1.82, 2.24) is 13.7 Å². The van der Waals surface area contributed by atoms with E-state index in [1.807, 2.05) is 6.07 Å². The minimum Gasteiger partial charge on any atom is -0.455 e. The summed E-state index contributed by atoms with van der Waals surface area (Å²) in [6, 6.07) is 72.6. The number of aromatic nitrogens is 3. The molecule has 270 valence electrons. The molecule has 0 spiro atoms. The van der Waals surface area contributed by atoms with Crippen molar-refractivity contribution in [3.05, 3.63) is 200 Å². The number of para-hydroxylation sites is 8. The molecule has 4 aromatic heterocycles. The fraction of sp³-hybridized carbons (Fsp3) is 0. The van der Waals surface area contributed by atoms with Crippen LogP contribution in [0, 0.1) is 0 Å². The summed E-state index contributed by atoms with van der Waals surface area (Å²) in [5, 5.41) is 9.59. The smallest absolute Gasteiger partial charge is 0.143 e. The summed E-state index contributed by atoms with van der Waals surface area (Å²) >= 11 is 0. The van der Waals surface area contributed by atoms with Crippen molar-refractivity contribution in [1.29, 1.82) is 0 Å². The average molecular weight is 740 g/mol. The maximum Gasteiger partial charge on any atom is 0.143 e. The number of rotatable bonds is 4. The quantitative estimate of drug-likeness (QED) is 0.177. The van der Waals surface area contributed by atoms with Gasteiger partial charge in [-0.3, -0.25) is 0 Å². The Kier molecular flexibility index (Phi) is 6.41. The van der Waals surface area contributed by atoms with E-state index in [9.17, 15) is 0 Å². The van der Waals surface area contributed by atoms with Gasteiger partial charge >= 0.3 is 0 Å². The largest absolute Gasteiger partial charge is 0.455 e. The third-order valence-electron chi connectivity index (χ3n) is 12.2. The number of fused-ring (bicyclic) bond motifs is 12. The molecular weight excluding hydrogens is 707 g/mol. The van der Waals surface area contributed by atoms with Gasteiger partial charge in [-0.25, -0.2) is 0 Å². The topological polar surface area (TPSA) is 27.9 Å². The number of hydrogen-bond acceptors (Lipinski definition) is 1. The molecule has 0 fully saturated rings. The Labute approximate surface area is 332 Å². The van der Waals surface area contributed by atoms with E-state index < -0.39 is 0 Å². The van der Waals surface area contributed by atoms with Crippen LogP contribution in [0.4, 0.5) is 0 Å². The lowest BCUT2D eigenvalue weighted by Crippen LogP contribution is -2.03. The lowest BCUT2D eigenvalue weighted by Gasteiger charge is -2.18. The van der Waals surface area contributed by atoms with Gasteiger partial charge in [-0.05, 0) is 54.6 Å². The minimum atomic E-state index is 0.896. The van der Waals surface area contributed by atoms with Crippen LogP contribution in [0.1, 0.15) is 0 Å². The van der Waals surface area contributed by atoms with Crippen molar-refractivity contribution < 1.29 is 4.42 Å². The molecule has 0 saturated heterocycles. The van der Waals surface area contributed by atoms with Crippen LogP contribution in [0.25, 0.3) is 116 Å². The van der Waals surface area contributed by atoms with Crippen molar-refractivity contribution in [3.63, 3.8) is 0 Å². The Morgan fingerprint density at radius 1 is 0.276 bits per heavy atom. The van der Waals surface area contributed by atoms with Gasteiger partial charge in [0.15, 0.2) is 0 Å². The van der Waals surface area contributed by atoms with Gasteiger partial charge in [0.05, 0.1) is 50.2 Å². The van der Waals surface area contributed by atoms with Gasteiger partial charge in [0.2, 0.25) is 0 Å². The zero-order chi connectivity index (χ0) is 37.9. The zero-order valence-corrected chi connectivity index (χ0v) is 31.3. The number of hydrogen-bond donors (Lipinski definition) is 0. The van der Waals surface area contributed by atoms with Crippen molar-refractivity contribution in [2.75, 3.05) is 0 Å². The third-order valence-corrected chi connectivity index (χ3v) is 12.2. The van der Waals surface area contributed by atoms with E-state index in [4.69, 9.17) is 4.42 Å². The molecule has 4 nitrogen and oxygen atoms in total. The second kappa shape index (κ2) is 11.8. The van der Waals surface area contributed by atoms with Gasteiger partial charge in [0.25, 0.3) is 0 Å². The predicted molar refractivity (Wildman–Crippen MR) is 242 cm³/mol. The molecular formula is C54H33N3O. The molecule has 0 atom stereocenters. The minimum absolute atomic E-state index is 0.896. The first-order valence-electron chi connectivity index (χ1n) is 19.9. The summed E-state index contributed by atoms with van der Waals surface area (Å²) in [6.07, 6.45) is 0. The van der Waals surface area contributed by atoms with Gasteiger partial charge in [0, 0.05) is 54.2 Å². The van der Waals surface area contributed by atoms with Crippen molar-refractivity contribution in [2.45, 2.75) is 0 Å². The highest BCUT2D eigenvalue weighted by Crippen LogP contribution is 2.44. The summed E-state index contributed by atoms with van der Waals surface area (Å²) in [7, 11) is 0. The Morgan fingerprint density at radius 2 is 0.638 bits per heavy atom. The van der Waals surface area contributed by atoms with E-state index >= 15 is 0 Å². The summed E-state index contributed by atoms with van der Waals surface area (Å²) in [5.41, 5.74) is 14.2. The van der Waals surface area contributed by atoms with E-state index in [0.717, 1.165) is 61.2 Å². The number of nitrogens with zero attached hydrogens (tertiary/aromatic N) is 3. The maximum absolute atomic E-state index is 6.69. The van der Waals surface area contributed by atoms with Gasteiger partial charge in [-0.2, -0.15) is 0 Å². The van der Waals surface area contributed by atoms with Crippen molar-refractivity contribution in [2.24, 2.45) is 0 Å². The Balaban J connectivity index is 1.19. The van der Waals surface area contributed by atoms with Gasteiger partial charge < -0.3 is 18.1 Å². The molecule has 0 N–H and O–H groups in total. The summed E-state index contributed by atoms with van der Waals surface area (Å²) in [5.74, 6) is 0. The van der Waals surface area contributed by atoms with Gasteiger partial charge in [-0.15, -0.1) is 0 Å². The number of benzene rings is 9. The van der Waals surface area contributed by atoms with Crippen LogP contribution in [0.5, 0.6) is 0 Å². The summed E-state index contributed by atoms with van der Waals surface area (Å²) in [6.45, 7) is 0. The molecule has 0 amide bonds. The SMILES string of the molecule is c1ccc2c(c1)oc1c(-c3cccc4c5ccccc5n(-c5cc(-n6c7ccccc7c7ccccc76)cc(-n6c7ccccc7c7ccccc76)c5)c34)cccc12. The van der Waals surface area contributed by atoms with Gasteiger partial charge in [-0.1, -0.05) is 146 Å². The zero-order valence-electron chi connectivity index (χ0n) is 31.3. The van der Waals surface area contributed by atoms with Gasteiger partial charge in [0.1, 0.15) is 11.2 Å². The van der Waals surface area contributed by atoms with Crippen LogP contribution < -0.4 is 0 Å². The first-order valence-corrected chi connectivity index (χ1v) is 19.9. The molecule has 13 rings (SSSR count). The van der Waals surface area contributed by atoms with E-state index in [0.29, 0.717) is 0 Å². The molecule has 0 radical (unpaired) electrons. The molecule has 13 aromatic rings. The molecule has 0 aliphatic rings. The van der Waals surface area contributed by atoms with E-state index in [-0.39, 0.29) is 0 Å². The van der Waals surface area contributed by atoms with E-state index in [1.54, 1.807) is 0 Å².